The van der Waals surface area contributed by atoms with Crippen molar-refractivity contribution < 1.29 is 19.4 Å². The fourth-order valence-electron chi connectivity index (χ4n) is 0.951. The number of carboxylic acid groups (broad SMARTS) is 1. The minimum absolute atomic E-state index is 0.239. The van der Waals surface area contributed by atoms with Gasteiger partial charge in [0.2, 0.25) is 5.91 Å². The molecule has 6 nitrogen and oxygen atoms in total. The van der Waals surface area contributed by atoms with Gasteiger partial charge in [-0.3, -0.25) is 4.79 Å². The van der Waals surface area contributed by atoms with Gasteiger partial charge in [0.25, 0.3) is 0 Å². The van der Waals surface area contributed by atoms with Gasteiger partial charge in [0, 0.05) is 18.9 Å². The molecule has 0 unspecified atom stereocenters. The third-order valence-corrected chi connectivity index (χ3v) is 1.61. The number of hydrogen-bond donors (Lipinski definition) is 3. The van der Waals surface area contributed by atoms with Crippen LogP contribution in [0.3, 0.4) is 0 Å². The molecule has 0 spiro atoms. The van der Waals surface area contributed by atoms with Crippen LogP contribution in [0.25, 0.3) is 0 Å². The third-order valence-electron chi connectivity index (χ3n) is 1.61. The second-order valence-electron chi connectivity index (χ2n) is 2.88. The molecule has 1 aromatic heterocycles. The maximum atomic E-state index is 11.1. The number of carbonyl (C=O) groups excluding carboxylic acids is 1. The summed E-state index contributed by atoms with van der Waals surface area (Å²) < 4.78 is 4.61. The molecule has 0 atom stereocenters. The molecule has 82 valence electrons. The van der Waals surface area contributed by atoms with Crippen LogP contribution in [0.2, 0.25) is 0 Å². The summed E-state index contributed by atoms with van der Waals surface area (Å²) in [4.78, 5) is 24.0. The lowest BCUT2D eigenvalue weighted by Crippen LogP contribution is -2.27. The van der Waals surface area contributed by atoms with E-state index in [2.05, 4.69) is 15.0 Å². The minimum atomic E-state index is -1.09. The normalized spacial score (nSPS) is 9.87. The van der Waals surface area contributed by atoms with Crippen molar-refractivity contribution in [3.63, 3.8) is 0 Å². The molecule has 0 aromatic carbocycles. The van der Waals surface area contributed by atoms with Gasteiger partial charge in [-0.2, -0.15) is 0 Å². The standard InChI is InChI=1S/C9H12N2O4/c12-8(5-15-6-9(13)14)11-4-7-1-2-10-3-7/h1-3,10H,4-6H2,(H,11,12)(H,13,14). The highest BCUT2D eigenvalue weighted by molar-refractivity contribution is 5.77. The van der Waals surface area contributed by atoms with Gasteiger partial charge in [-0.05, 0) is 11.6 Å². The maximum Gasteiger partial charge on any atom is 0.329 e. The summed E-state index contributed by atoms with van der Waals surface area (Å²) in [7, 11) is 0. The predicted molar refractivity (Wildman–Crippen MR) is 51.1 cm³/mol. The number of aromatic amines is 1. The Hall–Kier alpha value is -1.82. The van der Waals surface area contributed by atoms with Gasteiger partial charge in [-0.1, -0.05) is 0 Å². The van der Waals surface area contributed by atoms with Gasteiger partial charge < -0.3 is 20.1 Å². The second kappa shape index (κ2) is 5.82. The molecule has 1 rings (SSSR count). The van der Waals surface area contributed by atoms with E-state index in [1.807, 2.05) is 6.07 Å². The number of aromatic nitrogens is 1. The van der Waals surface area contributed by atoms with Crippen molar-refractivity contribution >= 4 is 11.9 Å². The summed E-state index contributed by atoms with van der Waals surface area (Å²) >= 11 is 0. The summed E-state index contributed by atoms with van der Waals surface area (Å²) in [5.74, 6) is -1.43. The molecule has 1 aromatic rings. The lowest BCUT2D eigenvalue weighted by Gasteiger charge is -2.03. The Kier molecular flexibility index (Phi) is 4.36. The van der Waals surface area contributed by atoms with Crippen LogP contribution in [0.5, 0.6) is 0 Å². The molecule has 0 radical (unpaired) electrons. The van der Waals surface area contributed by atoms with E-state index in [1.165, 1.54) is 0 Å². The molecule has 0 aliphatic rings. The van der Waals surface area contributed by atoms with Crippen LogP contribution in [0.4, 0.5) is 0 Å². The summed E-state index contributed by atoms with van der Waals surface area (Å²) in [5.41, 5.74) is 0.946. The predicted octanol–water partition coefficient (Wildman–Crippen LogP) is -0.268. The zero-order valence-electron chi connectivity index (χ0n) is 8.03. The maximum absolute atomic E-state index is 11.1. The lowest BCUT2D eigenvalue weighted by atomic mass is 10.3. The number of ether oxygens (including phenoxy) is 1. The molecule has 3 N–H and O–H groups in total. The Labute approximate surface area is 86.2 Å². The molecular weight excluding hydrogens is 200 g/mol. The van der Waals surface area contributed by atoms with E-state index in [1.54, 1.807) is 12.4 Å². The van der Waals surface area contributed by atoms with Crippen molar-refractivity contribution in [2.24, 2.45) is 0 Å². The van der Waals surface area contributed by atoms with Crippen molar-refractivity contribution in [2.75, 3.05) is 13.2 Å². The van der Waals surface area contributed by atoms with Crippen molar-refractivity contribution in [1.82, 2.24) is 10.3 Å². The summed E-state index contributed by atoms with van der Waals surface area (Å²) in [5, 5.41) is 10.8. The van der Waals surface area contributed by atoms with Crippen molar-refractivity contribution in [3.05, 3.63) is 24.0 Å². The van der Waals surface area contributed by atoms with Crippen molar-refractivity contribution in [1.29, 1.82) is 0 Å². The Bertz CT molecular complexity index is 321. The van der Waals surface area contributed by atoms with Crippen LogP contribution in [-0.2, 0) is 20.9 Å². The Balaban J connectivity index is 2.11. The van der Waals surface area contributed by atoms with E-state index in [9.17, 15) is 9.59 Å². The second-order valence-corrected chi connectivity index (χ2v) is 2.88. The Morgan fingerprint density at radius 3 is 2.87 bits per heavy atom. The molecule has 1 heterocycles. The van der Waals surface area contributed by atoms with Crippen LogP contribution in [-0.4, -0.2) is 35.2 Å². The molecule has 6 heteroatoms. The highest BCUT2D eigenvalue weighted by atomic mass is 16.5. The summed E-state index contributed by atoms with van der Waals surface area (Å²) in [6.45, 7) is -0.299. The molecule has 0 saturated heterocycles. The molecule has 0 aliphatic carbocycles. The Morgan fingerprint density at radius 2 is 2.27 bits per heavy atom. The molecule has 0 saturated carbocycles. The molecule has 0 fully saturated rings. The van der Waals surface area contributed by atoms with E-state index in [0.717, 1.165) is 5.56 Å². The fourth-order valence-corrected chi connectivity index (χ4v) is 0.951. The molecular formula is C9H12N2O4. The minimum Gasteiger partial charge on any atom is -0.480 e. The number of carbonyl (C=O) groups is 2. The van der Waals surface area contributed by atoms with Gasteiger partial charge >= 0.3 is 5.97 Å². The van der Waals surface area contributed by atoms with E-state index in [-0.39, 0.29) is 12.5 Å². The van der Waals surface area contributed by atoms with Crippen LogP contribution in [0.1, 0.15) is 5.56 Å². The van der Waals surface area contributed by atoms with Gasteiger partial charge in [-0.25, -0.2) is 4.79 Å². The van der Waals surface area contributed by atoms with Gasteiger partial charge in [-0.15, -0.1) is 0 Å². The van der Waals surface area contributed by atoms with Crippen LogP contribution in [0.15, 0.2) is 18.5 Å². The first-order valence-electron chi connectivity index (χ1n) is 4.36. The third kappa shape index (κ3) is 4.82. The van der Waals surface area contributed by atoms with E-state index in [4.69, 9.17) is 5.11 Å². The first-order chi connectivity index (χ1) is 7.18. The van der Waals surface area contributed by atoms with Crippen LogP contribution >= 0.6 is 0 Å². The quantitative estimate of drug-likeness (QED) is 0.605. The van der Waals surface area contributed by atoms with Gasteiger partial charge in [0.1, 0.15) is 13.2 Å². The molecule has 1 amide bonds. The van der Waals surface area contributed by atoms with Crippen molar-refractivity contribution in [3.8, 4) is 0 Å². The summed E-state index contributed by atoms with van der Waals surface area (Å²) in [6, 6.07) is 1.83. The zero-order chi connectivity index (χ0) is 11.1. The van der Waals surface area contributed by atoms with Gasteiger partial charge in [0.05, 0.1) is 0 Å². The highest BCUT2D eigenvalue weighted by Crippen LogP contribution is 1.94. The number of nitrogens with one attached hydrogen (secondary N) is 2. The number of carboxylic acids is 1. The average Bonchev–Trinajstić information content (AvgIpc) is 2.66. The number of rotatable bonds is 6. The monoisotopic (exact) mass is 212 g/mol. The first-order valence-corrected chi connectivity index (χ1v) is 4.36. The molecule has 15 heavy (non-hydrogen) atoms. The van der Waals surface area contributed by atoms with Gasteiger partial charge in [0.15, 0.2) is 0 Å². The Morgan fingerprint density at radius 1 is 1.47 bits per heavy atom. The van der Waals surface area contributed by atoms with Crippen LogP contribution in [0, 0.1) is 0 Å². The van der Waals surface area contributed by atoms with E-state index in [0.29, 0.717) is 6.54 Å². The SMILES string of the molecule is O=C(O)COCC(=O)NCc1cc[nH]c1. The zero-order valence-corrected chi connectivity index (χ0v) is 8.03. The largest absolute Gasteiger partial charge is 0.480 e. The van der Waals surface area contributed by atoms with E-state index < -0.39 is 12.6 Å². The average molecular weight is 212 g/mol. The number of amides is 1. The molecule has 0 aliphatic heterocycles. The number of H-pyrrole nitrogens is 1. The smallest absolute Gasteiger partial charge is 0.329 e. The number of aliphatic carboxylic acids is 1. The topological polar surface area (TPSA) is 91.4 Å². The highest BCUT2D eigenvalue weighted by Gasteiger charge is 2.03. The van der Waals surface area contributed by atoms with Crippen molar-refractivity contribution in [2.45, 2.75) is 6.54 Å². The van der Waals surface area contributed by atoms with E-state index >= 15 is 0 Å². The first kappa shape index (κ1) is 11.3. The summed E-state index contributed by atoms with van der Waals surface area (Å²) in [6.07, 6.45) is 3.51. The fraction of sp³-hybridized carbons (Fsp3) is 0.333. The lowest BCUT2D eigenvalue weighted by molar-refractivity contribution is -0.143. The molecule has 0 bridgehead atoms. The van der Waals surface area contributed by atoms with Crippen LogP contribution < -0.4 is 5.32 Å². The number of hydrogen-bond acceptors (Lipinski definition) is 3.